The molecule has 0 aliphatic carbocycles. The lowest BCUT2D eigenvalue weighted by atomic mass is 10.4. The highest BCUT2D eigenvalue weighted by Crippen LogP contribution is 2.03. The molecule has 0 atom stereocenters. The maximum Gasteiger partial charge on any atom is 0.166 e. The first-order valence-corrected chi connectivity index (χ1v) is 3.81. The topological polar surface area (TPSA) is 44.0 Å². The van der Waals surface area contributed by atoms with Crippen LogP contribution in [-0.4, -0.2) is 21.8 Å². The number of allylic oxidation sites excluding steroid dienone is 2. The number of rotatable bonds is 2. The summed E-state index contributed by atoms with van der Waals surface area (Å²) in [7, 11) is 0. The third-order valence-corrected chi connectivity index (χ3v) is 1.57. The number of aromatic amines is 1. The zero-order chi connectivity index (χ0) is 8.23. The van der Waals surface area contributed by atoms with E-state index in [2.05, 4.69) is 21.7 Å². The minimum Gasteiger partial charge on any atom is -0.290 e. The van der Waals surface area contributed by atoms with E-state index in [1.807, 2.05) is 29.4 Å². The van der Waals surface area contributed by atoms with E-state index in [1.54, 1.807) is 6.20 Å². The second kappa shape index (κ2) is 3.13. The molecule has 1 aromatic rings. The first-order valence-electron chi connectivity index (χ1n) is 3.81. The van der Waals surface area contributed by atoms with Gasteiger partial charge in [0.1, 0.15) is 0 Å². The first-order chi connectivity index (χ1) is 5.95. The summed E-state index contributed by atoms with van der Waals surface area (Å²) >= 11 is 0. The van der Waals surface area contributed by atoms with E-state index < -0.39 is 0 Å². The fourth-order valence-electron chi connectivity index (χ4n) is 1.02. The van der Waals surface area contributed by atoms with Gasteiger partial charge in [0.2, 0.25) is 0 Å². The molecule has 12 heavy (non-hydrogen) atoms. The van der Waals surface area contributed by atoms with Crippen molar-refractivity contribution in [2.75, 3.05) is 12.0 Å². The van der Waals surface area contributed by atoms with Gasteiger partial charge in [-0.1, -0.05) is 12.2 Å². The fraction of sp³-hybridized carbons (Fsp3) is 0.125. The highest BCUT2D eigenvalue weighted by atomic mass is 15.5. The van der Waals surface area contributed by atoms with Gasteiger partial charge in [0.05, 0.1) is 6.54 Å². The molecule has 0 aromatic carbocycles. The van der Waals surface area contributed by atoms with Crippen LogP contribution in [-0.2, 0) is 0 Å². The van der Waals surface area contributed by atoms with Crippen LogP contribution in [0.4, 0.5) is 5.82 Å². The molecule has 0 saturated heterocycles. The maximum atomic E-state index is 3.97. The van der Waals surface area contributed by atoms with Crippen LogP contribution < -0.4 is 5.43 Å². The smallest absolute Gasteiger partial charge is 0.166 e. The number of H-pyrrole nitrogens is 1. The van der Waals surface area contributed by atoms with E-state index in [1.165, 1.54) is 0 Å². The van der Waals surface area contributed by atoms with Gasteiger partial charge in [-0.15, -0.1) is 0 Å². The number of nitrogens with one attached hydrogen (secondary N) is 2. The van der Waals surface area contributed by atoms with Gasteiger partial charge in [-0.2, -0.15) is 5.10 Å². The SMILES string of the molecule is C1=CCN(Nc2cc[nH]n2)C=C1. The second-order valence-corrected chi connectivity index (χ2v) is 2.49. The minimum absolute atomic E-state index is 0.829. The van der Waals surface area contributed by atoms with Crippen LogP contribution in [0, 0.1) is 0 Å². The molecular formula is C8H10N4. The number of nitrogens with zero attached hydrogens (tertiary/aromatic N) is 2. The molecule has 0 bridgehead atoms. The van der Waals surface area contributed by atoms with Crippen LogP contribution in [0.5, 0.6) is 0 Å². The fourth-order valence-corrected chi connectivity index (χ4v) is 1.02. The Kier molecular flexibility index (Phi) is 1.82. The summed E-state index contributed by atoms with van der Waals surface area (Å²) in [6.45, 7) is 0.864. The molecule has 0 spiro atoms. The Morgan fingerprint density at radius 3 is 3.17 bits per heavy atom. The largest absolute Gasteiger partial charge is 0.290 e. The number of hydrogen-bond donors (Lipinski definition) is 2. The molecule has 0 unspecified atom stereocenters. The Bertz CT molecular complexity index is 286. The zero-order valence-electron chi connectivity index (χ0n) is 6.57. The lowest BCUT2D eigenvalue weighted by Gasteiger charge is -2.20. The molecule has 0 radical (unpaired) electrons. The Labute approximate surface area is 70.5 Å². The van der Waals surface area contributed by atoms with Gasteiger partial charge >= 0.3 is 0 Å². The molecular weight excluding hydrogens is 152 g/mol. The molecule has 4 heteroatoms. The first kappa shape index (κ1) is 6.97. The van der Waals surface area contributed by atoms with Crippen molar-refractivity contribution < 1.29 is 0 Å². The van der Waals surface area contributed by atoms with E-state index in [9.17, 15) is 0 Å². The van der Waals surface area contributed by atoms with E-state index in [0.29, 0.717) is 0 Å². The van der Waals surface area contributed by atoms with E-state index in [-0.39, 0.29) is 0 Å². The van der Waals surface area contributed by atoms with Crippen LogP contribution in [0.15, 0.2) is 36.7 Å². The molecule has 0 saturated carbocycles. The van der Waals surface area contributed by atoms with E-state index in [0.717, 1.165) is 12.4 Å². The van der Waals surface area contributed by atoms with Gasteiger partial charge in [0.15, 0.2) is 5.82 Å². The van der Waals surface area contributed by atoms with Crippen molar-refractivity contribution in [1.29, 1.82) is 0 Å². The third-order valence-electron chi connectivity index (χ3n) is 1.57. The Morgan fingerprint density at radius 2 is 2.50 bits per heavy atom. The van der Waals surface area contributed by atoms with Crippen molar-refractivity contribution in [3.8, 4) is 0 Å². The summed E-state index contributed by atoms with van der Waals surface area (Å²) in [5.41, 5.74) is 3.11. The molecule has 1 aliphatic rings. The van der Waals surface area contributed by atoms with Gasteiger partial charge < -0.3 is 0 Å². The van der Waals surface area contributed by atoms with Crippen LogP contribution in [0.25, 0.3) is 0 Å². The van der Waals surface area contributed by atoms with Gasteiger partial charge in [0, 0.05) is 18.5 Å². The number of hydrazine groups is 1. The Morgan fingerprint density at radius 1 is 1.50 bits per heavy atom. The van der Waals surface area contributed by atoms with E-state index in [4.69, 9.17) is 0 Å². The molecule has 0 fully saturated rings. The normalized spacial score (nSPS) is 15.2. The van der Waals surface area contributed by atoms with Crippen molar-refractivity contribution in [3.05, 3.63) is 36.7 Å². The maximum absolute atomic E-state index is 3.97. The summed E-state index contributed by atoms with van der Waals surface area (Å²) < 4.78 is 0. The Balaban J connectivity index is 1.96. The number of hydrogen-bond acceptors (Lipinski definition) is 3. The second-order valence-electron chi connectivity index (χ2n) is 2.49. The molecule has 2 rings (SSSR count). The third kappa shape index (κ3) is 1.47. The molecule has 2 N–H and O–H groups in total. The van der Waals surface area contributed by atoms with Crippen LogP contribution in [0.2, 0.25) is 0 Å². The molecule has 4 nitrogen and oxygen atoms in total. The van der Waals surface area contributed by atoms with Crippen molar-refractivity contribution >= 4 is 5.82 Å². The average molecular weight is 162 g/mol. The number of aromatic nitrogens is 2. The predicted molar refractivity (Wildman–Crippen MR) is 47.2 cm³/mol. The minimum atomic E-state index is 0.829. The van der Waals surface area contributed by atoms with E-state index >= 15 is 0 Å². The summed E-state index contributed by atoms with van der Waals surface area (Å²) in [6.07, 6.45) is 9.81. The van der Waals surface area contributed by atoms with Crippen molar-refractivity contribution in [2.24, 2.45) is 0 Å². The highest BCUT2D eigenvalue weighted by Gasteiger charge is 1.99. The summed E-state index contributed by atoms with van der Waals surface area (Å²) in [5.74, 6) is 0.829. The Hall–Kier alpha value is -1.71. The lowest BCUT2D eigenvalue weighted by Crippen LogP contribution is -2.25. The summed E-state index contributed by atoms with van der Waals surface area (Å²) in [5, 5.41) is 8.67. The predicted octanol–water partition coefficient (Wildman–Crippen LogP) is 1.12. The quantitative estimate of drug-likeness (QED) is 0.685. The summed E-state index contributed by atoms with van der Waals surface area (Å²) in [6, 6.07) is 1.88. The lowest BCUT2D eigenvalue weighted by molar-refractivity contribution is 0.492. The average Bonchev–Trinajstić information content (AvgIpc) is 2.59. The van der Waals surface area contributed by atoms with Gasteiger partial charge in [-0.25, -0.2) is 0 Å². The van der Waals surface area contributed by atoms with Crippen LogP contribution in [0.1, 0.15) is 0 Å². The van der Waals surface area contributed by atoms with Crippen molar-refractivity contribution in [3.63, 3.8) is 0 Å². The zero-order valence-corrected chi connectivity index (χ0v) is 6.57. The summed E-state index contributed by atoms with van der Waals surface area (Å²) in [4.78, 5) is 0. The monoisotopic (exact) mass is 162 g/mol. The highest BCUT2D eigenvalue weighted by molar-refractivity contribution is 5.31. The molecule has 1 aromatic heterocycles. The van der Waals surface area contributed by atoms with Gasteiger partial charge in [-0.05, 0) is 6.08 Å². The number of anilines is 1. The standard InChI is InChI=1S/C8H10N4/c1-2-6-12(7-3-1)11-8-4-5-9-10-8/h1-6H,7H2,(H2,9,10,11). The molecule has 0 amide bonds. The van der Waals surface area contributed by atoms with Gasteiger partial charge in [0.25, 0.3) is 0 Å². The van der Waals surface area contributed by atoms with Crippen LogP contribution in [0.3, 0.4) is 0 Å². The van der Waals surface area contributed by atoms with Crippen molar-refractivity contribution in [1.82, 2.24) is 15.2 Å². The van der Waals surface area contributed by atoms with Gasteiger partial charge in [-0.3, -0.25) is 15.5 Å². The molecule has 62 valence electrons. The van der Waals surface area contributed by atoms with Crippen LogP contribution >= 0.6 is 0 Å². The molecule has 1 aliphatic heterocycles. The molecule has 2 heterocycles. The van der Waals surface area contributed by atoms with Crippen molar-refractivity contribution in [2.45, 2.75) is 0 Å².